The number of rotatable bonds is 2. The Morgan fingerprint density at radius 2 is 1.90 bits per heavy atom. The minimum Gasteiger partial charge on any atom is -0.490 e. The summed E-state index contributed by atoms with van der Waals surface area (Å²) in [5, 5.41) is 0. The fourth-order valence-corrected chi connectivity index (χ4v) is 2.49. The third-order valence-electron chi connectivity index (χ3n) is 3.52. The largest absolute Gasteiger partial charge is 0.490 e. The van der Waals surface area contributed by atoms with Gasteiger partial charge in [-0.2, -0.15) is 0 Å². The highest BCUT2D eigenvalue weighted by Crippen LogP contribution is 2.40. The van der Waals surface area contributed by atoms with E-state index in [1.807, 2.05) is 12.1 Å². The monoisotopic (exact) mass is 271 g/mol. The summed E-state index contributed by atoms with van der Waals surface area (Å²) >= 11 is 0. The van der Waals surface area contributed by atoms with Gasteiger partial charge in [0.2, 0.25) is 5.75 Å². The third-order valence-corrected chi connectivity index (χ3v) is 3.52. The number of hydrogen-bond acceptors (Lipinski definition) is 6. The van der Waals surface area contributed by atoms with Crippen LogP contribution in [0.25, 0.3) is 0 Å². The first-order chi connectivity index (χ1) is 9.72. The summed E-state index contributed by atoms with van der Waals surface area (Å²) in [5.74, 6) is 1.58. The van der Waals surface area contributed by atoms with Crippen LogP contribution in [0.3, 0.4) is 0 Å². The van der Waals surface area contributed by atoms with Gasteiger partial charge in [-0.25, -0.2) is 9.97 Å². The number of methoxy groups -OCH3 is 1. The van der Waals surface area contributed by atoms with E-state index in [9.17, 15) is 0 Å². The molecular weight excluding hydrogens is 254 g/mol. The van der Waals surface area contributed by atoms with Crippen LogP contribution in [0.1, 0.15) is 0 Å². The van der Waals surface area contributed by atoms with Crippen molar-refractivity contribution in [3.63, 3.8) is 0 Å². The molecule has 1 aromatic carbocycles. The maximum atomic E-state index is 5.87. The summed E-state index contributed by atoms with van der Waals surface area (Å²) in [5.41, 5.74) is 8.13. The third kappa shape index (κ3) is 1.89. The summed E-state index contributed by atoms with van der Waals surface area (Å²) in [4.78, 5) is 12.7. The minimum absolute atomic E-state index is 0.355. The molecule has 2 heterocycles. The van der Waals surface area contributed by atoms with E-state index >= 15 is 0 Å². The van der Waals surface area contributed by atoms with E-state index < -0.39 is 0 Å². The van der Waals surface area contributed by atoms with Crippen molar-refractivity contribution in [1.29, 1.82) is 0 Å². The summed E-state index contributed by atoms with van der Waals surface area (Å²) < 4.78 is 5.37. The van der Waals surface area contributed by atoms with E-state index in [4.69, 9.17) is 10.5 Å². The molecule has 0 bridgehead atoms. The number of nitrogen functional groups attached to an aromatic ring is 1. The summed E-state index contributed by atoms with van der Waals surface area (Å²) in [6.45, 7) is 1.73. The van der Waals surface area contributed by atoms with Crippen LogP contribution in [0.4, 0.5) is 23.0 Å². The SMILES string of the molecule is COc1c(N)ncnc1N1CCN(C)c2ccccc21. The molecule has 0 fully saturated rings. The van der Waals surface area contributed by atoms with Gasteiger partial charge in [0, 0.05) is 20.1 Å². The Kier molecular flexibility index (Phi) is 3.06. The lowest BCUT2D eigenvalue weighted by molar-refractivity contribution is 0.413. The Hall–Kier alpha value is -2.50. The summed E-state index contributed by atoms with van der Waals surface area (Å²) in [7, 11) is 3.67. The number of para-hydroxylation sites is 2. The molecule has 0 saturated heterocycles. The zero-order valence-corrected chi connectivity index (χ0v) is 11.6. The Labute approximate surface area is 117 Å². The van der Waals surface area contributed by atoms with Crippen LogP contribution in [-0.2, 0) is 0 Å². The number of aromatic nitrogens is 2. The molecule has 1 aromatic heterocycles. The number of nitrogens with two attached hydrogens (primary N) is 1. The average molecular weight is 271 g/mol. The molecule has 1 aliphatic heterocycles. The normalized spacial score (nSPS) is 14.1. The molecule has 0 radical (unpaired) electrons. The Morgan fingerprint density at radius 3 is 2.65 bits per heavy atom. The number of nitrogens with zero attached hydrogens (tertiary/aromatic N) is 4. The van der Waals surface area contributed by atoms with Gasteiger partial charge in [-0.15, -0.1) is 0 Å². The zero-order chi connectivity index (χ0) is 14.1. The lowest BCUT2D eigenvalue weighted by Crippen LogP contribution is -2.37. The molecule has 0 amide bonds. The molecule has 6 heteroatoms. The van der Waals surface area contributed by atoms with Gasteiger partial charge in [0.15, 0.2) is 11.6 Å². The van der Waals surface area contributed by atoms with E-state index in [0.717, 1.165) is 24.5 Å². The Bertz CT molecular complexity index is 631. The zero-order valence-electron chi connectivity index (χ0n) is 11.6. The maximum Gasteiger partial charge on any atom is 0.204 e. The second-order valence-electron chi connectivity index (χ2n) is 4.68. The topological polar surface area (TPSA) is 67.5 Å². The van der Waals surface area contributed by atoms with Crippen LogP contribution in [-0.4, -0.2) is 37.2 Å². The van der Waals surface area contributed by atoms with Gasteiger partial charge in [0.25, 0.3) is 0 Å². The maximum absolute atomic E-state index is 5.87. The molecule has 0 spiro atoms. The lowest BCUT2D eigenvalue weighted by Gasteiger charge is -2.36. The van der Waals surface area contributed by atoms with Crippen molar-refractivity contribution < 1.29 is 4.74 Å². The van der Waals surface area contributed by atoms with E-state index in [-0.39, 0.29) is 0 Å². The fourth-order valence-electron chi connectivity index (χ4n) is 2.49. The van der Waals surface area contributed by atoms with Crippen LogP contribution < -0.4 is 20.3 Å². The number of hydrogen-bond donors (Lipinski definition) is 1. The average Bonchev–Trinajstić information content (AvgIpc) is 2.48. The van der Waals surface area contributed by atoms with Crippen molar-refractivity contribution in [2.45, 2.75) is 0 Å². The molecule has 2 aromatic rings. The van der Waals surface area contributed by atoms with Crippen molar-refractivity contribution in [3.8, 4) is 5.75 Å². The van der Waals surface area contributed by atoms with E-state index in [1.165, 1.54) is 6.33 Å². The van der Waals surface area contributed by atoms with Crippen LogP contribution in [0.15, 0.2) is 30.6 Å². The van der Waals surface area contributed by atoms with Crippen LogP contribution in [0.2, 0.25) is 0 Å². The predicted octanol–water partition coefficient (Wildman–Crippen LogP) is 1.66. The fraction of sp³-hybridized carbons (Fsp3) is 0.286. The number of ether oxygens (including phenoxy) is 1. The quantitative estimate of drug-likeness (QED) is 0.896. The van der Waals surface area contributed by atoms with Gasteiger partial charge in [-0.3, -0.25) is 0 Å². The first-order valence-corrected chi connectivity index (χ1v) is 6.44. The second-order valence-corrected chi connectivity index (χ2v) is 4.68. The molecular formula is C14H17N5O. The molecule has 6 nitrogen and oxygen atoms in total. The smallest absolute Gasteiger partial charge is 0.204 e. The predicted molar refractivity (Wildman–Crippen MR) is 79.7 cm³/mol. The minimum atomic E-state index is 0.355. The highest BCUT2D eigenvalue weighted by atomic mass is 16.5. The van der Waals surface area contributed by atoms with E-state index in [2.05, 4.69) is 38.9 Å². The number of benzene rings is 1. The van der Waals surface area contributed by atoms with Gasteiger partial charge >= 0.3 is 0 Å². The molecule has 0 saturated carbocycles. The molecule has 2 N–H and O–H groups in total. The summed E-state index contributed by atoms with van der Waals surface area (Å²) in [6, 6.07) is 8.22. The van der Waals surface area contributed by atoms with Crippen LogP contribution in [0.5, 0.6) is 5.75 Å². The summed E-state index contributed by atoms with van der Waals surface area (Å²) in [6.07, 6.45) is 1.47. The van der Waals surface area contributed by atoms with Gasteiger partial charge in [-0.05, 0) is 12.1 Å². The van der Waals surface area contributed by atoms with Gasteiger partial charge < -0.3 is 20.3 Å². The van der Waals surface area contributed by atoms with Crippen molar-refractivity contribution in [3.05, 3.63) is 30.6 Å². The van der Waals surface area contributed by atoms with Crippen molar-refractivity contribution in [2.24, 2.45) is 0 Å². The first kappa shape index (κ1) is 12.5. The van der Waals surface area contributed by atoms with E-state index in [1.54, 1.807) is 7.11 Å². The molecule has 3 rings (SSSR count). The van der Waals surface area contributed by atoms with Crippen LogP contribution in [0, 0.1) is 0 Å². The molecule has 0 atom stereocenters. The molecule has 104 valence electrons. The second kappa shape index (κ2) is 4.88. The Morgan fingerprint density at radius 1 is 1.15 bits per heavy atom. The number of likely N-dealkylation sites (N-methyl/N-ethyl adjacent to an activating group) is 1. The number of anilines is 4. The van der Waals surface area contributed by atoms with Crippen molar-refractivity contribution >= 4 is 23.0 Å². The van der Waals surface area contributed by atoms with Gasteiger partial charge in [-0.1, -0.05) is 12.1 Å². The van der Waals surface area contributed by atoms with Crippen molar-refractivity contribution in [1.82, 2.24) is 9.97 Å². The van der Waals surface area contributed by atoms with Crippen molar-refractivity contribution in [2.75, 3.05) is 42.8 Å². The standard InChI is InChI=1S/C14H17N5O/c1-18-7-8-19(11-6-4-3-5-10(11)18)14-12(20-2)13(15)16-9-17-14/h3-6,9H,7-8H2,1-2H3,(H2,15,16,17). The Balaban J connectivity index is 2.13. The van der Waals surface area contributed by atoms with Gasteiger partial charge in [0.1, 0.15) is 6.33 Å². The van der Waals surface area contributed by atoms with Gasteiger partial charge in [0.05, 0.1) is 18.5 Å². The molecule has 1 aliphatic rings. The highest BCUT2D eigenvalue weighted by Gasteiger charge is 2.25. The molecule has 0 unspecified atom stereocenters. The number of fused-ring (bicyclic) bond motifs is 1. The molecule has 0 aliphatic carbocycles. The lowest BCUT2D eigenvalue weighted by atomic mass is 10.1. The van der Waals surface area contributed by atoms with Crippen LogP contribution >= 0.6 is 0 Å². The first-order valence-electron chi connectivity index (χ1n) is 6.44. The highest BCUT2D eigenvalue weighted by molar-refractivity contribution is 5.81. The molecule has 20 heavy (non-hydrogen) atoms. The van der Waals surface area contributed by atoms with E-state index in [0.29, 0.717) is 17.4 Å².